The van der Waals surface area contributed by atoms with E-state index >= 15 is 0 Å². The van der Waals surface area contributed by atoms with Crippen molar-refractivity contribution in [3.63, 3.8) is 0 Å². The van der Waals surface area contributed by atoms with Gasteiger partial charge in [-0.25, -0.2) is 18.5 Å². The monoisotopic (exact) mass is 694 g/mol. The van der Waals surface area contributed by atoms with Crippen LogP contribution in [0.3, 0.4) is 0 Å². The van der Waals surface area contributed by atoms with Crippen LogP contribution in [0.1, 0.15) is 23.8 Å². The fourth-order valence-corrected chi connectivity index (χ4v) is 6.36. The summed E-state index contributed by atoms with van der Waals surface area (Å²) in [6, 6.07) is 7.09. The first-order valence-electron chi connectivity index (χ1n) is 9.78. The summed E-state index contributed by atoms with van der Waals surface area (Å²) in [7, 11) is -16.7. The smallest absolute Gasteiger partial charge is 0.390 e. The number of phosphoric acid groups is 3. The van der Waals surface area contributed by atoms with Gasteiger partial charge in [0.05, 0.1) is 12.7 Å². The van der Waals surface area contributed by atoms with E-state index in [1.165, 1.54) is 0 Å². The maximum Gasteiger partial charge on any atom is 0.490 e. The number of aliphatic hydroxyl groups excluding tert-OH is 1. The van der Waals surface area contributed by atoms with Gasteiger partial charge in [-0.1, -0.05) is 11.8 Å². The normalized spacial score (nSPS) is 23.0. The number of rotatable bonds is 8. The molecule has 1 aromatic carbocycles. The first-order chi connectivity index (χ1) is 17.0. The second-order valence-corrected chi connectivity index (χ2v) is 13.0. The third kappa shape index (κ3) is 9.05. The molecule has 2 heterocycles. The molecule has 1 aliphatic heterocycles. The van der Waals surface area contributed by atoms with Gasteiger partial charge in [-0.3, -0.25) is 18.9 Å². The molecule has 5 atom stereocenters. The predicted octanol–water partition coefficient (Wildman–Crippen LogP) is 0.533. The number of nitrogens with one attached hydrogen (secondary N) is 1. The third-order valence-electron chi connectivity index (χ3n) is 4.49. The van der Waals surface area contributed by atoms with Crippen molar-refractivity contribution in [3.05, 3.63) is 66.0 Å². The van der Waals surface area contributed by atoms with E-state index in [1.54, 1.807) is 12.1 Å². The van der Waals surface area contributed by atoms with Crippen molar-refractivity contribution in [1.82, 2.24) is 9.55 Å². The topological polar surface area (TPSA) is 244 Å². The Balaban J connectivity index is 1.71. The number of aliphatic hydroxyl groups is 1. The van der Waals surface area contributed by atoms with Crippen LogP contribution in [0.4, 0.5) is 0 Å². The van der Waals surface area contributed by atoms with E-state index in [0.29, 0.717) is 5.56 Å². The van der Waals surface area contributed by atoms with Crippen LogP contribution < -0.4 is 11.2 Å². The van der Waals surface area contributed by atoms with Gasteiger partial charge in [0.1, 0.15) is 17.9 Å². The number of hydrogen-bond acceptors (Lipinski definition) is 10. The quantitative estimate of drug-likeness (QED) is 0.126. The lowest BCUT2D eigenvalue weighted by atomic mass is 10.2. The highest BCUT2D eigenvalue weighted by molar-refractivity contribution is 14.1. The fraction of sp³-hybridized carbons (Fsp3) is 0.294. The molecule has 0 saturated carbocycles. The van der Waals surface area contributed by atoms with Crippen LogP contribution >= 0.6 is 46.1 Å². The van der Waals surface area contributed by atoms with Gasteiger partial charge in [-0.05, 0) is 46.9 Å². The summed E-state index contributed by atoms with van der Waals surface area (Å²) in [4.78, 5) is 62.4. The lowest BCUT2D eigenvalue weighted by Gasteiger charge is -2.19. The molecule has 37 heavy (non-hydrogen) atoms. The molecule has 202 valence electrons. The Bertz CT molecular complexity index is 1470. The van der Waals surface area contributed by atoms with Crippen LogP contribution in [0.25, 0.3) is 0 Å². The van der Waals surface area contributed by atoms with E-state index in [-0.39, 0.29) is 12.0 Å². The van der Waals surface area contributed by atoms with Gasteiger partial charge in [0.2, 0.25) is 0 Å². The first-order valence-corrected chi connectivity index (χ1v) is 15.4. The van der Waals surface area contributed by atoms with Gasteiger partial charge in [0.15, 0.2) is 0 Å². The van der Waals surface area contributed by atoms with Crippen LogP contribution in [-0.4, -0.2) is 53.0 Å². The molecule has 0 spiro atoms. The molecule has 0 bridgehead atoms. The highest BCUT2D eigenvalue weighted by atomic mass is 127. The van der Waals surface area contributed by atoms with E-state index in [2.05, 4.69) is 52.6 Å². The molecule has 2 aromatic rings. The van der Waals surface area contributed by atoms with Gasteiger partial charge in [0.25, 0.3) is 5.56 Å². The second kappa shape index (κ2) is 11.7. The standard InChI is InChI=1S/C17H18IN2O14P3/c18-12-5-2-10(3-6-12)1-4-11-8-20(17(23)19-16(11)22)15-7-13(21)14(32-15)9-31-36(27,28)34-37(29,30)33-35(24,25)26/h2-3,5-6,8,13-15,21H,7,9H2,(H,27,28)(H,29,30)(H,19,22,23)(H2,24,25,26)/t13-,14-,15-/m1/s1. The Morgan fingerprint density at radius 2 is 1.70 bits per heavy atom. The van der Waals surface area contributed by atoms with E-state index < -0.39 is 59.8 Å². The maximum absolute atomic E-state index is 12.3. The number of nitrogens with zero attached hydrogens (tertiary/aromatic N) is 1. The maximum atomic E-state index is 12.3. The zero-order chi connectivity index (χ0) is 27.6. The number of aromatic nitrogens is 2. The van der Waals surface area contributed by atoms with Crippen molar-refractivity contribution in [2.45, 2.75) is 24.9 Å². The average molecular weight is 694 g/mol. The van der Waals surface area contributed by atoms with Crippen molar-refractivity contribution >= 4 is 46.1 Å². The zero-order valence-corrected chi connectivity index (χ0v) is 23.0. The molecule has 2 unspecified atom stereocenters. The number of aromatic amines is 1. The van der Waals surface area contributed by atoms with Crippen LogP contribution in [0, 0.1) is 15.4 Å². The summed E-state index contributed by atoms with van der Waals surface area (Å²) in [6.07, 6.45) is -3.04. The Labute approximate surface area is 220 Å². The number of benzene rings is 1. The summed E-state index contributed by atoms with van der Waals surface area (Å²) in [5, 5.41) is 10.2. The van der Waals surface area contributed by atoms with E-state index in [4.69, 9.17) is 14.5 Å². The predicted molar refractivity (Wildman–Crippen MR) is 131 cm³/mol. The molecule has 3 rings (SSSR count). The van der Waals surface area contributed by atoms with Crippen LogP contribution in [-0.2, 0) is 31.6 Å². The summed E-state index contributed by atoms with van der Waals surface area (Å²) >= 11 is 2.12. The third-order valence-corrected chi connectivity index (χ3v) is 9.01. The molecule has 1 aliphatic rings. The molecule has 0 radical (unpaired) electrons. The minimum Gasteiger partial charge on any atom is -0.390 e. The largest absolute Gasteiger partial charge is 0.490 e. The van der Waals surface area contributed by atoms with Gasteiger partial charge in [-0.2, -0.15) is 8.62 Å². The minimum atomic E-state index is -5.72. The van der Waals surface area contributed by atoms with Crippen LogP contribution in [0.15, 0.2) is 40.1 Å². The highest BCUT2D eigenvalue weighted by Gasteiger charge is 2.43. The Hall–Kier alpha value is -1.48. The lowest BCUT2D eigenvalue weighted by molar-refractivity contribution is -0.0450. The molecule has 0 aliphatic carbocycles. The van der Waals surface area contributed by atoms with Gasteiger partial charge in [-0.15, -0.1) is 0 Å². The molecule has 0 amide bonds. The molecule has 1 fully saturated rings. The molecular weight excluding hydrogens is 676 g/mol. The number of ether oxygens (including phenoxy) is 1. The Morgan fingerprint density at radius 3 is 2.32 bits per heavy atom. The molecule has 1 saturated heterocycles. The zero-order valence-electron chi connectivity index (χ0n) is 18.1. The van der Waals surface area contributed by atoms with E-state index in [1.807, 2.05) is 12.1 Å². The van der Waals surface area contributed by atoms with Crippen molar-refractivity contribution in [2.75, 3.05) is 6.61 Å². The lowest BCUT2D eigenvalue weighted by Crippen LogP contribution is -2.33. The molecule has 20 heteroatoms. The SMILES string of the molecule is O=c1[nH]c(=O)n([C@H]2C[C@@H](O)[C@@H](COP(=O)(O)OP(=O)(O)OP(=O)(O)O)O2)cc1C#Cc1ccc(I)cc1. The van der Waals surface area contributed by atoms with Crippen molar-refractivity contribution in [1.29, 1.82) is 0 Å². The summed E-state index contributed by atoms with van der Waals surface area (Å²) in [6.45, 7) is -0.918. The number of H-pyrrole nitrogens is 1. The molecule has 6 N–H and O–H groups in total. The summed E-state index contributed by atoms with van der Waals surface area (Å²) in [5.74, 6) is 5.42. The van der Waals surface area contributed by atoms with Crippen LogP contribution in [0.2, 0.25) is 0 Å². The summed E-state index contributed by atoms with van der Waals surface area (Å²) < 4.78 is 53.0. The van der Waals surface area contributed by atoms with Gasteiger partial charge < -0.3 is 29.4 Å². The number of phosphoric ester groups is 1. The number of hydrogen-bond donors (Lipinski definition) is 6. The van der Waals surface area contributed by atoms with Crippen molar-refractivity contribution < 1.29 is 56.3 Å². The Kier molecular flexibility index (Phi) is 9.53. The highest BCUT2D eigenvalue weighted by Crippen LogP contribution is 2.66. The van der Waals surface area contributed by atoms with E-state index in [0.717, 1.165) is 14.3 Å². The second-order valence-electron chi connectivity index (χ2n) is 7.29. The minimum absolute atomic E-state index is 0.0899. The number of halogens is 1. The van der Waals surface area contributed by atoms with Crippen molar-refractivity contribution in [3.8, 4) is 11.8 Å². The van der Waals surface area contributed by atoms with Crippen LogP contribution in [0.5, 0.6) is 0 Å². The average Bonchev–Trinajstić information content (AvgIpc) is 3.10. The molecule has 16 nitrogen and oxygen atoms in total. The molecule has 1 aromatic heterocycles. The fourth-order valence-electron chi connectivity index (χ4n) is 2.97. The molecular formula is C17H18IN2O14P3. The van der Waals surface area contributed by atoms with Crippen molar-refractivity contribution in [2.24, 2.45) is 0 Å². The van der Waals surface area contributed by atoms with Gasteiger partial charge in [0, 0.05) is 21.8 Å². The van der Waals surface area contributed by atoms with Gasteiger partial charge >= 0.3 is 29.2 Å². The van der Waals surface area contributed by atoms with E-state index in [9.17, 15) is 38.2 Å². The summed E-state index contributed by atoms with van der Waals surface area (Å²) in [5.41, 5.74) is -1.14. The Morgan fingerprint density at radius 1 is 1.05 bits per heavy atom. The first kappa shape index (κ1) is 30.1.